The van der Waals surface area contributed by atoms with Crippen molar-refractivity contribution in [2.24, 2.45) is 10.9 Å². The summed E-state index contributed by atoms with van der Waals surface area (Å²) >= 11 is 0. The van der Waals surface area contributed by atoms with Crippen molar-refractivity contribution in [3.63, 3.8) is 0 Å². The molecule has 3 rings (SSSR count). The maximum Gasteiger partial charge on any atom is 0.191 e. The summed E-state index contributed by atoms with van der Waals surface area (Å²) in [6, 6.07) is 4.33. The highest BCUT2D eigenvalue weighted by Crippen LogP contribution is 2.24. The van der Waals surface area contributed by atoms with E-state index in [0.29, 0.717) is 5.92 Å². The molecule has 0 aromatic carbocycles. The first-order valence-corrected chi connectivity index (χ1v) is 11.4. The van der Waals surface area contributed by atoms with Gasteiger partial charge in [0.15, 0.2) is 5.96 Å². The van der Waals surface area contributed by atoms with Crippen LogP contribution in [-0.2, 0) is 4.74 Å². The van der Waals surface area contributed by atoms with Crippen molar-refractivity contribution in [3.8, 4) is 0 Å². The van der Waals surface area contributed by atoms with Crippen LogP contribution in [0.3, 0.4) is 0 Å². The number of piperidine rings is 1. The molecule has 8 heteroatoms. The van der Waals surface area contributed by atoms with E-state index in [9.17, 15) is 0 Å². The number of guanidine groups is 1. The number of furan rings is 1. The molecule has 2 fully saturated rings. The molecule has 2 unspecified atom stereocenters. The smallest absolute Gasteiger partial charge is 0.191 e. The van der Waals surface area contributed by atoms with E-state index in [4.69, 9.17) is 14.1 Å². The van der Waals surface area contributed by atoms with Gasteiger partial charge in [-0.3, -0.25) is 14.8 Å². The quantitative estimate of drug-likeness (QED) is 0.289. The van der Waals surface area contributed by atoms with Crippen LogP contribution in [-0.4, -0.2) is 81.3 Å². The second kappa shape index (κ2) is 14.3. The SMILES string of the molecule is CCNC(=NCC(C)CN1CCOCC1)NCC(c1ccco1)N1CCCCC1.I. The molecule has 0 aliphatic carbocycles. The molecule has 0 spiro atoms. The van der Waals surface area contributed by atoms with Crippen LogP contribution < -0.4 is 10.6 Å². The second-order valence-electron chi connectivity index (χ2n) is 8.25. The van der Waals surface area contributed by atoms with E-state index >= 15 is 0 Å². The van der Waals surface area contributed by atoms with E-state index in [1.165, 1.54) is 19.3 Å². The summed E-state index contributed by atoms with van der Waals surface area (Å²) in [4.78, 5) is 9.89. The van der Waals surface area contributed by atoms with E-state index < -0.39 is 0 Å². The Bertz CT molecular complexity index is 586. The van der Waals surface area contributed by atoms with Crippen LogP contribution in [0.4, 0.5) is 0 Å². The van der Waals surface area contributed by atoms with Crippen LogP contribution in [0.2, 0.25) is 0 Å². The zero-order chi connectivity index (χ0) is 20.3. The summed E-state index contributed by atoms with van der Waals surface area (Å²) in [7, 11) is 0. The van der Waals surface area contributed by atoms with E-state index in [1.54, 1.807) is 6.26 Å². The highest BCUT2D eigenvalue weighted by molar-refractivity contribution is 14.0. The van der Waals surface area contributed by atoms with Gasteiger partial charge in [-0.15, -0.1) is 24.0 Å². The zero-order valence-electron chi connectivity index (χ0n) is 18.6. The zero-order valence-corrected chi connectivity index (χ0v) is 21.0. The number of hydrogen-bond donors (Lipinski definition) is 2. The summed E-state index contributed by atoms with van der Waals surface area (Å²) in [5.74, 6) is 2.46. The molecule has 0 bridgehead atoms. The van der Waals surface area contributed by atoms with Crippen LogP contribution in [0.25, 0.3) is 0 Å². The van der Waals surface area contributed by atoms with Crippen LogP contribution in [0.1, 0.15) is 44.9 Å². The largest absolute Gasteiger partial charge is 0.468 e. The van der Waals surface area contributed by atoms with Crippen LogP contribution >= 0.6 is 24.0 Å². The van der Waals surface area contributed by atoms with Crippen molar-refractivity contribution >= 4 is 29.9 Å². The average Bonchev–Trinajstić information content (AvgIpc) is 3.28. The average molecular weight is 533 g/mol. The summed E-state index contributed by atoms with van der Waals surface area (Å²) in [6.07, 6.45) is 5.65. The maximum absolute atomic E-state index is 5.77. The molecule has 0 amide bonds. The van der Waals surface area contributed by atoms with Crippen LogP contribution in [0.5, 0.6) is 0 Å². The van der Waals surface area contributed by atoms with Crippen LogP contribution in [0.15, 0.2) is 27.8 Å². The molecule has 7 nitrogen and oxygen atoms in total. The maximum atomic E-state index is 5.77. The van der Waals surface area contributed by atoms with Gasteiger partial charge < -0.3 is 19.8 Å². The lowest BCUT2D eigenvalue weighted by Gasteiger charge is -2.33. The Balaban J connectivity index is 0.00000320. The lowest BCUT2D eigenvalue weighted by Crippen LogP contribution is -2.44. The number of nitrogens with zero attached hydrogens (tertiary/aromatic N) is 3. The van der Waals surface area contributed by atoms with Gasteiger partial charge in [-0.2, -0.15) is 0 Å². The van der Waals surface area contributed by atoms with E-state index in [-0.39, 0.29) is 30.0 Å². The molecule has 3 heterocycles. The van der Waals surface area contributed by atoms with Crippen molar-refractivity contribution in [2.45, 2.75) is 39.2 Å². The van der Waals surface area contributed by atoms with Crippen molar-refractivity contribution in [2.75, 3.05) is 65.6 Å². The number of ether oxygens (including phenoxy) is 1. The van der Waals surface area contributed by atoms with Crippen LogP contribution in [0, 0.1) is 5.92 Å². The van der Waals surface area contributed by atoms with Crippen molar-refractivity contribution < 1.29 is 9.15 Å². The number of hydrogen-bond acceptors (Lipinski definition) is 5. The fraction of sp³-hybridized carbons (Fsp3) is 0.773. The van der Waals surface area contributed by atoms with Gasteiger partial charge in [-0.25, -0.2) is 0 Å². The van der Waals surface area contributed by atoms with Gasteiger partial charge >= 0.3 is 0 Å². The van der Waals surface area contributed by atoms with Gasteiger partial charge in [0.25, 0.3) is 0 Å². The summed E-state index contributed by atoms with van der Waals surface area (Å²) in [5.41, 5.74) is 0. The van der Waals surface area contributed by atoms with E-state index in [2.05, 4.69) is 40.3 Å². The highest BCUT2D eigenvalue weighted by atomic mass is 127. The second-order valence-corrected chi connectivity index (χ2v) is 8.25. The number of aliphatic imine (C=N–C) groups is 1. The Morgan fingerprint density at radius 2 is 1.90 bits per heavy atom. The standard InChI is InChI=1S/C22H39N5O2.HI/c1-3-23-22(24-16-19(2)18-26-11-14-28-15-12-26)25-17-20(21-8-7-13-29-21)27-9-5-4-6-10-27;/h7-8,13,19-20H,3-6,9-12,14-18H2,1-2H3,(H2,23,24,25);1H. The molecular weight excluding hydrogens is 493 g/mol. The summed E-state index contributed by atoms with van der Waals surface area (Å²) in [6.45, 7) is 14.0. The third-order valence-corrected chi connectivity index (χ3v) is 5.74. The van der Waals surface area contributed by atoms with Gasteiger partial charge in [0, 0.05) is 39.3 Å². The molecule has 0 saturated carbocycles. The number of rotatable bonds is 9. The fourth-order valence-corrected chi connectivity index (χ4v) is 4.19. The molecule has 2 N–H and O–H groups in total. The first kappa shape index (κ1) is 25.4. The molecule has 2 aliphatic heterocycles. The topological polar surface area (TPSA) is 65.3 Å². The minimum atomic E-state index is 0. The Kier molecular flexibility index (Phi) is 12.1. The van der Waals surface area contributed by atoms with Crippen molar-refractivity contribution in [3.05, 3.63) is 24.2 Å². The van der Waals surface area contributed by atoms with Crippen molar-refractivity contribution in [1.82, 2.24) is 20.4 Å². The molecule has 2 aliphatic rings. The minimum Gasteiger partial charge on any atom is -0.468 e. The number of morpholine rings is 1. The Labute approximate surface area is 199 Å². The Morgan fingerprint density at radius 3 is 2.57 bits per heavy atom. The lowest BCUT2D eigenvalue weighted by molar-refractivity contribution is 0.0323. The Hall–Kier alpha value is -0.840. The molecule has 1 aromatic heterocycles. The van der Waals surface area contributed by atoms with E-state index in [0.717, 1.165) is 77.3 Å². The lowest BCUT2D eigenvalue weighted by atomic mass is 10.1. The third-order valence-electron chi connectivity index (χ3n) is 5.74. The minimum absolute atomic E-state index is 0. The van der Waals surface area contributed by atoms with E-state index in [1.807, 2.05) is 6.07 Å². The van der Waals surface area contributed by atoms with Gasteiger partial charge in [0.2, 0.25) is 0 Å². The predicted molar refractivity (Wildman–Crippen MR) is 133 cm³/mol. The Morgan fingerprint density at radius 1 is 1.13 bits per heavy atom. The molecule has 1 aromatic rings. The van der Waals surface area contributed by atoms with Gasteiger partial charge in [0.05, 0.1) is 25.5 Å². The predicted octanol–water partition coefficient (Wildman–Crippen LogP) is 2.95. The molecule has 2 atom stereocenters. The summed E-state index contributed by atoms with van der Waals surface area (Å²) in [5, 5.41) is 6.97. The number of halogens is 1. The summed E-state index contributed by atoms with van der Waals surface area (Å²) < 4.78 is 11.2. The normalized spacial score (nSPS) is 20.9. The molecule has 2 saturated heterocycles. The fourth-order valence-electron chi connectivity index (χ4n) is 4.19. The van der Waals surface area contributed by atoms with Gasteiger partial charge in [-0.1, -0.05) is 13.3 Å². The number of nitrogens with one attached hydrogen (secondary N) is 2. The van der Waals surface area contributed by atoms with Crippen molar-refractivity contribution in [1.29, 1.82) is 0 Å². The van der Waals surface area contributed by atoms with Gasteiger partial charge in [0.1, 0.15) is 5.76 Å². The first-order chi connectivity index (χ1) is 14.3. The first-order valence-electron chi connectivity index (χ1n) is 11.4. The highest BCUT2D eigenvalue weighted by Gasteiger charge is 2.24. The molecule has 0 radical (unpaired) electrons. The third kappa shape index (κ3) is 8.36. The number of likely N-dealkylation sites (tertiary alicyclic amines) is 1. The molecule has 30 heavy (non-hydrogen) atoms. The monoisotopic (exact) mass is 533 g/mol. The molecular formula is C22H40IN5O2. The van der Waals surface area contributed by atoms with Gasteiger partial charge in [-0.05, 0) is 50.9 Å². The molecule has 172 valence electrons.